The molecule has 2 unspecified atom stereocenters. The first-order valence-electron chi connectivity index (χ1n) is 7.25. The second-order valence-corrected chi connectivity index (χ2v) is 6.27. The van der Waals surface area contributed by atoms with Gasteiger partial charge in [-0.25, -0.2) is 0 Å². The molecule has 0 radical (unpaired) electrons. The molecule has 0 aromatic heterocycles. The molecule has 0 bridgehead atoms. The van der Waals surface area contributed by atoms with E-state index >= 15 is 0 Å². The van der Waals surface area contributed by atoms with Gasteiger partial charge in [0.05, 0.1) is 12.7 Å². The highest BCUT2D eigenvalue weighted by molar-refractivity contribution is 7.99. The van der Waals surface area contributed by atoms with Gasteiger partial charge < -0.3 is 14.8 Å². The van der Waals surface area contributed by atoms with E-state index in [2.05, 4.69) is 5.32 Å². The molecule has 0 aromatic rings. The third-order valence-electron chi connectivity index (χ3n) is 2.98. The quantitative estimate of drug-likeness (QED) is 0.521. The Morgan fingerprint density at radius 3 is 2.89 bits per heavy atom. The van der Waals surface area contributed by atoms with Crippen molar-refractivity contribution < 1.29 is 14.3 Å². The molecule has 0 aliphatic carbocycles. The van der Waals surface area contributed by atoms with Crippen LogP contribution in [0.25, 0.3) is 0 Å². The fourth-order valence-corrected chi connectivity index (χ4v) is 3.20. The van der Waals surface area contributed by atoms with Crippen LogP contribution in [0.15, 0.2) is 0 Å². The first-order chi connectivity index (χ1) is 9.13. The molecule has 2 atom stereocenters. The van der Waals surface area contributed by atoms with Gasteiger partial charge in [0.1, 0.15) is 6.04 Å². The molecule has 4 nitrogen and oxygen atoms in total. The maximum atomic E-state index is 11.8. The monoisotopic (exact) mass is 289 g/mol. The van der Waals surface area contributed by atoms with Crippen LogP contribution < -0.4 is 5.32 Å². The largest absolute Gasteiger partial charge is 0.465 e. The lowest BCUT2D eigenvalue weighted by atomic mass is 10.2. The summed E-state index contributed by atoms with van der Waals surface area (Å²) in [7, 11) is 0. The summed E-state index contributed by atoms with van der Waals surface area (Å²) in [5, 5.41) is 3.27. The van der Waals surface area contributed by atoms with Crippen LogP contribution >= 0.6 is 11.8 Å². The average Bonchev–Trinajstić information content (AvgIpc) is 2.86. The van der Waals surface area contributed by atoms with Crippen molar-refractivity contribution in [2.24, 2.45) is 0 Å². The second-order valence-electron chi connectivity index (χ2n) is 5.12. The van der Waals surface area contributed by atoms with E-state index in [-0.39, 0.29) is 18.1 Å². The number of carbonyl (C=O) groups is 1. The lowest BCUT2D eigenvalue weighted by molar-refractivity contribution is -0.145. The summed E-state index contributed by atoms with van der Waals surface area (Å²) < 4.78 is 10.7. The van der Waals surface area contributed by atoms with Crippen molar-refractivity contribution in [1.82, 2.24) is 5.32 Å². The predicted octanol–water partition coefficient (Wildman–Crippen LogP) is 2.22. The highest BCUT2D eigenvalue weighted by atomic mass is 32.2. The van der Waals surface area contributed by atoms with Crippen LogP contribution in [-0.2, 0) is 14.3 Å². The molecule has 1 saturated heterocycles. The molecule has 1 fully saturated rings. The fraction of sp³-hybridized carbons (Fsp3) is 0.929. The molecule has 1 heterocycles. The van der Waals surface area contributed by atoms with Gasteiger partial charge in [-0.05, 0) is 31.9 Å². The number of esters is 1. The zero-order valence-corrected chi connectivity index (χ0v) is 13.1. The van der Waals surface area contributed by atoms with Crippen LogP contribution in [0.3, 0.4) is 0 Å². The predicted molar refractivity (Wildman–Crippen MR) is 79.6 cm³/mol. The molecule has 19 heavy (non-hydrogen) atoms. The standard InChI is InChI=1S/C14H27NO3S/c1-4-17-14(16)13(15-11(2)3)7-9-19-10-12-6-5-8-18-12/h11-13,15H,4-10H2,1-3H3. The minimum atomic E-state index is -0.183. The van der Waals surface area contributed by atoms with Crippen LogP contribution in [0.1, 0.15) is 40.0 Å². The molecule has 0 spiro atoms. The molecule has 5 heteroatoms. The number of hydrogen-bond donors (Lipinski definition) is 1. The smallest absolute Gasteiger partial charge is 0.323 e. The third kappa shape index (κ3) is 7.18. The Labute approximate surface area is 121 Å². The van der Waals surface area contributed by atoms with Gasteiger partial charge >= 0.3 is 5.97 Å². The Morgan fingerprint density at radius 1 is 1.53 bits per heavy atom. The van der Waals surface area contributed by atoms with Crippen molar-refractivity contribution in [3.63, 3.8) is 0 Å². The van der Waals surface area contributed by atoms with Crippen LogP contribution in [-0.4, -0.2) is 48.9 Å². The molecule has 1 N–H and O–H groups in total. The molecule has 0 saturated carbocycles. The van der Waals surface area contributed by atoms with E-state index in [9.17, 15) is 4.79 Å². The van der Waals surface area contributed by atoms with Gasteiger partial charge in [0, 0.05) is 18.4 Å². The van der Waals surface area contributed by atoms with Crippen LogP contribution in [0.2, 0.25) is 0 Å². The van der Waals surface area contributed by atoms with Crippen LogP contribution in [0.4, 0.5) is 0 Å². The van der Waals surface area contributed by atoms with Gasteiger partial charge in [0.2, 0.25) is 0 Å². The number of hydrogen-bond acceptors (Lipinski definition) is 5. The number of thioether (sulfide) groups is 1. The Hall–Kier alpha value is -0.260. The van der Waals surface area contributed by atoms with E-state index in [0.717, 1.165) is 24.5 Å². The van der Waals surface area contributed by atoms with E-state index in [1.165, 1.54) is 12.8 Å². The molecule has 0 aromatic carbocycles. The normalized spacial score (nSPS) is 20.7. The molecule has 0 amide bonds. The fourth-order valence-electron chi connectivity index (χ4n) is 2.11. The summed E-state index contributed by atoms with van der Waals surface area (Å²) in [4.78, 5) is 11.8. The van der Waals surface area contributed by atoms with Crippen LogP contribution in [0.5, 0.6) is 0 Å². The van der Waals surface area contributed by atoms with Crippen molar-refractivity contribution in [2.75, 3.05) is 24.7 Å². The van der Waals surface area contributed by atoms with Crippen LogP contribution in [0, 0.1) is 0 Å². The average molecular weight is 289 g/mol. The summed E-state index contributed by atoms with van der Waals surface area (Å²) in [6.07, 6.45) is 3.60. The molecular formula is C14H27NO3S. The van der Waals surface area contributed by atoms with Gasteiger partial charge in [-0.2, -0.15) is 11.8 Å². The highest BCUT2D eigenvalue weighted by Crippen LogP contribution is 2.18. The second kappa shape index (κ2) is 9.61. The maximum absolute atomic E-state index is 11.8. The minimum absolute atomic E-state index is 0.131. The Kier molecular flexibility index (Phi) is 8.50. The molecule has 1 aliphatic heterocycles. The SMILES string of the molecule is CCOC(=O)C(CCSCC1CCCO1)NC(C)C. The number of ether oxygens (including phenoxy) is 2. The summed E-state index contributed by atoms with van der Waals surface area (Å²) in [5.74, 6) is 1.87. The molecule has 112 valence electrons. The van der Waals surface area contributed by atoms with Gasteiger partial charge in [-0.15, -0.1) is 0 Å². The highest BCUT2D eigenvalue weighted by Gasteiger charge is 2.21. The van der Waals surface area contributed by atoms with E-state index in [0.29, 0.717) is 12.7 Å². The summed E-state index contributed by atoms with van der Waals surface area (Å²) in [6.45, 7) is 7.29. The first-order valence-corrected chi connectivity index (χ1v) is 8.41. The zero-order valence-electron chi connectivity index (χ0n) is 12.3. The first kappa shape index (κ1) is 16.8. The van der Waals surface area contributed by atoms with E-state index in [1.54, 1.807) is 0 Å². The molecule has 1 aliphatic rings. The maximum Gasteiger partial charge on any atom is 0.323 e. The van der Waals surface area contributed by atoms with E-state index < -0.39 is 0 Å². The summed E-state index contributed by atoms with van der Waals surface area (Å²) in [5.41, 5.74) is 0. The molecule has 1 rings (SSSR count). The van der Waals surface area contributed by atoms with Gasteiger partial charge in [0.25, 0.3) is 0 Å². The topological polar surface area (TPSA) is 47.6 Å². The lowest BCUT2D eigenvalue weighted by Crippen LogP contribution is -2.42. The van der Waals surface area contributed by atoms with Crippen molar-refractivity contribution >= 4 is 17.7 Å². The third-order valence-corrected chi connectivity index (χ3v) is 4.12. The number of nitrogens with one attached hydrogen (secondary N) is 1. The van der Waals surface area contributed by atoms with Crippen molar-refractivity contribution in [1.29, 1.82) is 0 Å². The molecular weight excluding hydrogens is 262 g/mol. The minimum Gasteiger partial charge on any atom is -0.465 e. The van der Waals surface area contributed by atoms with E-state index in [1.807, 2.05) is 32.5 Å². The van der Waals surface area contributed by atoms with Gasteiger partial charge in [-0.1, -0.05) is 13.8 Å². The Bertz CT molecular complexity index is 255. The Morgan fingerprint density at radius 2 is 2.32 bits per heavy atom. The van der Waals surface area contributed by atoms with E-state index in [4.69, 9.17) is 9.47 Å². The zero-order chi connectivity index (χ0) is 14.1. The summed E-state index contributed by atoms with van der Waals surface area (Å²) in [6, 6.07) is 0.106. The van der Waals surface area contributed by atoms with Gasteiger partial charge in [-0.3, -0.25) is 4.79 Å². The number of rotatable bonds is 9. The Balaban J connectivity index is 2.21. The summed E-state index contributed by atoms with van der Waals surface area (Å²) >= 11 is 1.87. The van der Waals surface area contributed by atoms with Crippen molar-refractivity contribution in [3.8, 4) is 0 Å². The number of carbonyl (C=O) groups excluding carboxylic acids is 1. The van der Waals surface area contributed by atoms with Gasteiger partial charge in [0.15, 0.2) is 0 Å². The lowest BCUT2D eigenvalue weighted by Gasteiger charge is -2.19. The van der Waals surface area contributed by atoms with Crippen molar-refractivity contribution in [2.45, 2.75) is 58.2 Å². The van der Waals surface area contributed by atoms with Crippen molar-refractivity contribution in [3.05, 3.63) is 0 Å².